The van der Waals surface area contributed by atoms with Gasteiger partial charge in [-0.25, -0.2) is 9.97 Å². The third-order valence-electron chi connectivity index (χ3n) is 4.06. The van der Waals surface area contributed by atoms with Crippen molar-refractivity contribution in [3.63, 3.8) is 0 Å². The van der Waals surface area contributed by atoms with Crippen molar-refractivity contribution in [1.82, 2.24) is 14.5 Å². The standard InChI is InChI=1S/C16H16N4/c1-20-15(19-14-7-4-9-18-16(14)20)12-8-10-17-13-6-3-2-5-11(12)13/h2-7,9,12,17H,8,10H2,1H3. The summed E-state index contributed by atoms with van der Waals surface area (Å²) in [6.07, 6.45) is 2.89. The summed E-state index contributed by atoms with van der Waals surface area (Å²) in [6.45, 7) is 0.984. The molecular weight excluding hydrogens is 248 g/mol. The van der Waals surface area contributed by atoms with Gasteiger partial charge in [-0.1, -0.05) is 18.2 Å². The average Bonchev–Trinajstić information content (AvgIpc) is 2.84. The number of nitrogens with one attached hydrogen (secondary N) is 1. The normalized spacial score (nSPS) is 17.8. The molecule has 2 aromatic heterocycles. The van der Waals surface area contributed by atoms with E-state index >= 15 is 0 Å². The van der Waals surface area contributed by atoms with E-state index in [4.69, 9.17) is 4.98 Å². The Balaban J connectivity index is 1.90. The van der Waals surface area contributed by atoms with Gasteiger partial charge < -0.3 is 9.88 Å². The van der Waals surface area contributed by atoms with Gasteiger partial charge in [-0.15, -0.1) is 0 Å². The molecule has 20 heavy (non-hydrogen) atoms. The van der Waals surface area contributed by atoms with Crippen LogP contribution in [0.15, 0.2) is 42.6 Å². The van der Waals surface area contributed by atoms with Crippen LogP contribution in [0.5, 0.6) is 0 Å². The Morgan fingerprint density at radius 2 is 2.10 bits per heavy atom. The van der Waals surface area contributed by atoms with Crippen LogP contribution in [0.25, 0.3) is 11.2 Å². The molecule has 1 aliphatic heterocycles. The molecular formula is C16H16N4. The fraction of sp³-hybridized carbons (Fsp3) is 0.250. The Morgan fingerprint density at radius 1 is 1.20 bits per heavy atom. The summed E-state index contributed by atoms with van der Waals surface area (Å²) in [7, 11) is 2.06. The van der Waals surface area contributed by atoms with Crippen molar-refractivity contribution in [3.8, 4) is 0 Å². The first-order valence-corrected chi connectivity index (χ1v) is 6.95. The van der Waals surface area contributed by atoms with Crippen molar-refractivity contribution < 1.29 is 0 Å². The van der Waals surface area contributed by atoms with Crippen LogP contribution < -0.4 is 5.32 Å². The van der Waals surface area contributed by atoms with E-state index in [9.17, 15) is 0 Å². The third-order valence-corrected chi connectivity index (χ3v) is 4.06. The molecule has 0 fully saturated rings. The molecule has 4 nitrogen and oxygen atoms in total. The van der Waals surface area contributed by atoms with E-state index in [1.54, 1.807) is 0 Å². The number of aryl methyl sites for hydroxylation is 1. The summed E-state index contributed by atoms with van der Waals surface area (Å²) in [5.74, 6) is 1.44. The number of nitrogens with zero attached hydrogens (tertiary/aromatic N) is 3. The van der Waals surface area contributed by atoms with Crippen LogP contribution in [-0.2, 0) is 7.05 Å². The number of hydrogen-bond donors (Lipinski definition) is 1. The van der Waals surface area contributed by atoms with Crippen LogP contribution in [-0.4, -0.2) is 21.1 Å². The Labute approximate surface area is 117 Å². The van der Waals surface area contributed by atoms with Crippen molar-refractivity contribution in [2.45, 2.75) is 12.3 Å². The number of pyridine rings is 1. The molecule has 0 radical (unpaired) electrons. The fourth-order valence-electron chi connectivity index (χ4n) is 3.09. The van der Waals surface area contributed by atoms with Gasteiger partial charge in [0.05, 0.1) is 0 Å². The predicted molar refractivity (Wildman–Crippen MR) is 79.9 cm³/mol. The summed E-state index contributed by atoms with van der Waals surface area (Å²) in [5, 5.41) is 3.46. The maximum atomic E-state index is 4.81. The zero-order chi connectivity index (χ0) is 13.5. The highest BCUT2D eigenvalue weighted by Gasteiger charge is 2.25. The van der Waals surface area contributed by atoms with Gasteiger partial charge in [0.2, 0.25) is 0 Å². The lowest BCUT2D eigenvalue weighted by Crippen LogP contribution is -2.19. The number of rotatable bonds is 1. The maximum Gasteiger partial charge on any atom is 0.159 e. The Morgan fingerprint density at radius 3 is 3.00 bits per heavy atom. The van der Waals surface area contributed by atoms with E-state index in [1.807, 2.05) is 18.3 Å². The highest BCUT2D eigenvalue weighted by Crippen LogP contribution is 2.36. The van der Waals surface area contributed by atoms with E-state index < -0.39 is 0 Å². The van der Waals surface area contributed by atoms with Crippen molar-refractivity contribution in [2.24, 2.45) is 7.05 Å². The van der Waals surface area contributed by atoms with E-state index in [0.717, 1.165) is 30.0 Å². The molecule has 1 aromatic carbocycles. The smallest absolute Gasteiger partial charge is 0.159 e. The van der Waals surface area contributed by atoms with Gasteiger partial charge in [-0.3, -0.25) is 0 Å². The van der Waals surface area contributed by atoms with Crippen molar-refractivity contribution in [3.05, 3.63) is 54.0 Å². The van der Waals surface area contributed by atoms with Crippen molar-refractivity contribution in [2.75, 3.05) is 11.9 Å². The molecule has 0 amide bonds. The molecule has 4 rings (SSSR count). The van der Waals surface area contributed by atoms with E-state index in [-0.39, 0.29) is 0 Å². The van der Waals surface area contributed by atoms with Crippen molar-refractivity contribution in [1.29, 1.82) is 0 Å². The monoisotopic (exact) mass is 264 g/mol. The second kappa shape index (κ2) is 4.34. The number of hydrogen-bond acceptors (Lipinski definition) is 3. The molecule has 100 valence electrons. The molecule has 0 spiro atoms. The first-order valence-electron chi connectivity index (χ1n) is 6.95. The zero-order valence-electron chi connectivity index (χ0n) is 11.4. The van der Waals surface area contributed by atoms with Crippen LogP contribution in [0.1, 0.15) is 23.7 Å². The molecule has 3 aromatic rings. The molecule has 0 saturated heterocycles. The summed E-state index contributed by atoms with van der Waals surface area (Å²) in [6, 6.07) is 12.5. The third kappa shape index (κ3) is 1.61. The van der Waals surface area contributed by atoms with Crippen molar-refractivity contribution >= 4 is 16.9 Å². The number of aromatic nitrogens is 3. The minimum atomic E-state index is 0.339. The molecule has 1 N–H and O–H groups in total. The largest absolute Gasteiger partial charge is 0.385 e. The van der Waals surface area contributed by atoms with Gasteiger partial charge >= 0.3 is 0 Å². The predicted octanol–water partition coefficient (Wildman–Crippen LogP) is 2.92. The SMILES string of the molecule is Cn1c(C2CCNc3ccccc32)nc2cccnc21. The summed E-state index contributed by atoms with van der Waals surface area (Å²) < 4.78 is 2.13. The first-order chi connectivity index (χ1) is 9.84. The summed E-state index contributed by atoms with van der Waals surface area (Å²) in [4.78, 5) is 9.24. The van der Waals surface area contributed by atoms with Crippen LogP contribution in [0, 0.1) is 0 Å². The summed E-state index contributed by atoms with van der Waals surface area (Å²) in [5.41, 5.74) is 4.49. The fourth-order valence-corrected chi connectivity index (χ4v) is 3.09. The minimum absolute atomic E-state index is 0.339. The minimum Gasteiger partial charge on any atom is -0.385 e. The Hall–Kier alpha value is -2.36. The molecule has 1 atom stereocenters. The van der Waals surface area contributed by atoms with Gasteiger partial charge in [0.15, 0.2) is 5.65 Å². The van der Waals surface area contributed by atoms with Crippen LogP contribution >= 0.6 is 0 Å². The van der Waals surface area contributed by atoms with Gasteiger partial charge in [-0.05, 0) is 30.2 Å². The number of imidazole rings is 1. The van der Waals surface area contributed by atoms with Gasteiger partial charge in [-0.2, -0.15) is 0 Å². The molecule has 0 bridgehead atoms. The molecule has 0 saturated carbocycles. The lowest BCUT2D eigenvalue weighted by Gasteiger charge is -2.26. The second-order valence-electron chi connectivity index (χ2n) is 5.23. The number of benzene rings is 1. The quantitative estimate of drug-likeness (QED) is 0.735. The Kier molecular flexibility index (Phi) is 2.49. The van der Waals surface area contributed by atoms with Crippen LogP contribution in [0.4, 0.5) is 5.69 Å². The maximum absolute atomic E-state index is 4.81. The summed E-state index contributed by atoms with van der Waals surface area (Å²) >= 11 is 0. The lowest BCUT2D eigenvalue weighted by molar-refractivity contribution is 0.648. The molecule has 4 heteroatoms. The van der Waals surface area contributed by atoms with E-state index in [1.165, 1.54) is 11.3 Å². The highest BCUT2D eigenvalue weighted by molar-refractivity contribution is 5.71. The highest BCUT2D eigenvalue weighted by atomic mass is 15.1. The number of fused-ring (bicyclic) bond motifs is 2. The van der Waals surface area contributed by atoms with E-state index in [2.05, 4.69) is 46.2 Å². The van der Waals surface area contributed by atoms with Crippen LogP contribution in [0.3, 0.4) is 0 Å². The average molecular weight is 264 g/mol. The number of anilines is 1. The molecule has 1 aliphatic rings. The molecule has 3 heterocycles. The van der Waals surface area contributed by atoms with Gasteiger partial charge in [0.25, 0.3) is 0 Å². The molecule has 1 unspecified atom stereocenters. The Bertz CT molecular complexity index is 775. The van der Waals surface area contributed by atoms with E-state index in [0.29, 0.717) is 5.92 Å². The lowest BCUT2D eigenvalue weighted by atomic mass is 9.90. The van der Waals surface area contributed by atoms with Gasteiger partial charge in [0, 0.05) is 31.4 Å². The van der Waals surface area contributed by atoms with Crippen LogP contribution in [0.2, 0.25) is 0 Å². The molecule has 0 aliphatic carbocycles. The first kappa shape index (κ1) is 11.5. The second-order valence-corrected chi connectivity index (χ2v) is 5.23. The number of para-hydroxylation sites is 1. The topological polar surface area (TPSA) is 42.7 Å². The zero-order valence-corrected chi connectivity index (χ0v) is 11.4. The van der Waals surface area contributed by atoms with Gasteiger partial charge in [0.1, 0.15) is 11.3 Å².